The molecule has 18 nitrogen and oxygen atoms in total. The molecule has 0 radical (unpaired) electrons. The summed E-state index contributed by atoms with van der Waals surface area (Å²) in [6, 6.07) is -1.85. The molecule has 282 valence electrons. The van der Waals surface area contributed by atoms with Gasteiger partial charge >= 0.3 is 39.1 Å². The van der Waals surface area contributed by atoms with Crippen LogP contribution in [0.1, 0.15) is 81.1 Å². The van der Waals surface area contributed by atoms with Crippen molar-refractivity contribution >= 4 is 39.1 Å². The van der Waals surface area contributed by atoms with E-state index in [2.05, 4.69) is 0 Å². The van der Waals surface area contributed by atoms with Gasteiger partial charge < -0.3 is 51.0 Å². The van der Waals surface area contributed by atoms with Crippen LogP contribution in [0.4, 0.5) is 0 Å². The number of aliphatic hydroxyl groups is 1. The van der Waals surface area contributed by atoms with E-state index in [0.29, 0.717) is 12.8 Å². The first-order valence-electron chi connectivity index (χ1n) is 15.4. The number of hydrogen-bond donors (Lipinski definition) is 6. The molecule has 0 aromatic heterocycles. The molecule has 0 fully saturated rings. The SMILES string of the molecule is CCC(C)[C@H](N)C(=O)OCC(C)(C)C(=O)OCOP(=O)(O)C(O)(CCCN)P(=O)(O)OCOC(=O)C(C)(C)COC(=O)[C@@H](N)C(C)CC. The Morgan fingerprint density at radius 3 is 1.33 bits per heavy atom. The van der Waals surface area contributed by atoms with E-state index in [0.717, 1.165) is 0 Å². The molecule has 0 aliphatic rings. The average Bonchev–Trinajstić information content (AvgIpc) is 3.02. The van der Waals surface area contributed by atoms with Crippen molar-refractivity contribution in [1.29, 1.82) is 0 Å². The fourth-order valence-corrected chi connectivity index (χ4v) is 6.78. The van der Waals surface area contributed by atoms with Gasteiger partial charge in [0.25, 0.3) is 5.08 Å². The topological polar surface area (TPSA) is 297 Å². The lowest BCUT2D eigenvalue weighted by atomic mass is 9.95. The van der Waals surface area contributed by atoms with E-state index < -0.39 is 100 Å². The third-order valence-corrected chi connectivity index (χ3v) is 12.5. The highest BCUT2D eigenvalue weighted by Gasteiger charge is 2.62. The lowest BCUT2D eigenvalue weighted by Crippen LogP contribution is -2.41. The second-order valence-corrected chi connectivity index (χ2v) is 17.3. The van der Waals surface area contributed by atoms with Crippen LogP contribution >= 0.6 is 15.2 Å². The fourth-order valence-electron chi connectivity index (χ4n) is 3.47. The van der Waals surface area contributed by atoms with Gasteiger partial charge in [0.05, 0.1) is 10.8 Å². The van der Waals surface area contributed by atoms with E-state index in [1.165, 1.54) is 27.7 Å². The first kappa shape index (κ1) is 46.0. The lowest BCUT2D eigenvalue weighted by molar-refractivity contribution is -0.169. The molecule has 0 rings (SSSR count). The third-order valence-electron chi connectivity index (χ3n) is 7.77. The zero-order valence-corrected chi connectivity index (χ0v) is 30.8. The molecule has 20 heteroatoms. The molecule has 0 aliphatic heterocycles. The van der Waals surface area contributed by atoms with Crippen LogP contribution in [0.5, 0.6) is 0 Å². The minimum atomic E-state index is -5.60. The smallest absolute Gasteiger partial charge is 0.374 e. The molecule has 0 aromatic carbocycles. The van der Waals surface area contributed by atoms with Gasteiger partial charge in [-0.3, -0.25) is 37.4 Å². The van der Waals surface area contributed by atoms with Gasteiger partial charge in [-0.2, -0.15) is 0 Å². The van der Waals surface area contributed by atoms with E-state index in [-0.39, 0.29) is 24.8 Å². The number of rotatable bonds is 23. The van der Waals surface area contributed by atoms with Crippen LogP contribution in [-0.2, 0) is 56.3 Å². The van der Waals surface area contributed by atoms with Crippen LogP contribution in [-0.4, -0.2) is 89.3 Å². The van der Waals surface area contributed by atoms with Gasteiger partial charge in [0.1, 0.15) is 25.3 Å². The highest BCUT2D eigenvalue weighted by Crippen LogP contribution is 2.73. The monoisotopic (exact) mass is 735 g/mol. The van der Waals surface area contributed by atoms with Crippen molar-refractivity contribution in [1.82, 2.24) is 0 Å². The molecule has 0 saturated carbocycles. The summed E-state index contributed by atoms with van der Waals surface area (Å²) in [6.45, 7) is 8.88. The van der Waals surface area contributed by atoms with Crippen LogP contribution in [0.3, 0.4) is 0 Å². The van der Waals surface area contributed by atoms with Crippen LogP contribution < -0.4 is 17.2 Å². The van der Waals surface area contributed by atoms with E-state index in [1.54, 1.807) is 13.8 Å². The van der Waals surface area contributed by atoms with E-state index in [9.17, 15) is 43.2 Å². The minimum absolute atomic E-state index is 0.182. The van der Waals surface area contributed by atoms with Crippen LogP contribution in [0.2, 0.25) is 0 Å². The summed E-state index contributed by atoms with van der Waals surface area (Å²) in [7, 11) is -11.2. The average molecular weight is 736 g/mol. The summed E-state index contributed by atoms with van der Waals surface area (Å²) in [5, 5.41) is 7.51. The second kappa shape index (κ2) is 19.4. The van der Waals surface area contributed by atoms with Crippen LogP contribution in [0.15, 0.2) is 0 Å². The molecule has 0 aliphatic carbocycles. The summed E-state index contributed by atoms with van der Waals surface area (Å²) < 4.78 is 55.6. The number of carbonyl (C=O) groups excluding carboxylic acids is 4. The molecule has 6 atom stereocenters. The predicted octanol–water partition coefficient (Wildman–Crippen LogP) is 1.66. The molecule has 0 spiro atoms. The largest absolute Gasteiger partial charge is 0.463 e. The highest BCUT2D eigenvalue weighted by atomic mass is 31.2. The summed E-state index contributed by atoms with van der Waals surface area (Å²) in [5.41, 5.74) is 14.1. The molecule has 9 N–H and O–H groups in total. The van der Waals surface area contributed by atoms with E-state index in [1.807, 2.05) is 13.8 Å². The molecule has 0 aromatic rings. The maximum Gasteiger partial charge on any atom is 0.374 e. The molecule has 0 heterocycles. The minimum Gasteiger partial charge on any atom is -0.463 e. The molecular formula is C28H55N3O15P2. The standard InChI is InChI=1S/C28H55N3O15P2/c1-9-18(3)20(30)22(32)41-14-26(5,6)24(34)43-16-45-47(37,38)28(36,12-11-13-29)48(39,40)46-17-44-25(35)27(7,8)15-42-23(33)21(31)19(4)10-2/h18-21,36H,9-17,29-31H2,1-8H3,(H,37,38)(H,39,40)/t18?,19?,20-,21-,28?/m0/s1. The Balaban J connectivity index is 5.44. The molecule has 0 saturated heterocycles. The van der Waals surface area contributed by atoms with Crippen molar-refractivity contribution in [3.05, 3.63) is 0 Å². The normalized spacial score (nSPS) is 18.5. The zero-order chi connectivity index (χ0) is 37.7. The Labute approximate surface area is 281 Å². The Morgan fingerprint density at radius 1 is 0.708 bits per heavy atom. The fraction of sp³-hybridized carbons (Fsp3) is 0.857. The number of hydrogen-bond acceptors (Lipinski definition) is 16. The zero-order valence-electron chi connectivity index (χ0n) is 29.0. The number of esters is 4. The Kier molecular flexibility index (Phi) is 18.6. The summed E-state index contributed by atoms with van der Waals surface area (Å²) in [6.07, 6.45) is 0.0512. The van der Waals surface area contributed by atoms with Gasteiger partial charge in [0.2, 0.25) is 13.6 Å². The Hall–Kier alpha value is -1.98. The van der Waals surface area contributed by atoms with Crippen molar-refractivity contribution < 1.29 is 71.2 Å². The lowest BCUT2D eigenvalue weighted by Gasteiger charge is -2.34. The molecule has 4 unspecified atom stereocenters. The predicted molar refractivity (Wildman–Crippen MR) is 171 cm³/mol. The highest BCUT2D eigenvalue weighted by molar-refractivity contribution is 7.72. The summed E-state index contributed by atoms with van der Waals surface area (Å²) >= 11 is 0. The van der Waals surface area contributed by atoms with Gasteiger partial charge in [-0.15, -0.1) is 0 Å². The van der Waals surface area contributed by atoms with Crippen molar-refractivity contribution in [3.63, 3.8) is 0 Å². The van der Waals surface area contributed by atoms with Gasteiger partial charge in [-0.1, -0.05) is 40.5 Å². The number of ether oxygens (including phenoxy) is 4. The Bertz CT molecular complexity index is 1100. The van der Waals surface area contributed by atoms with E-state index >= 15 is 0 Å². The summed E-state index contributed by atoms with van der Waals surface area (Å²) in [4.78, 5) is 70.7. The number of carbonyl (C=O) groups is 4. The first-order chi connectivity index (χ1) is 21.9. The summed E-state index contributed by atoms with van der Waals surface area (Å²) in [5.74, 6) is -3.96. The molecule has 0 amide bonds. The molecular weight excluding hydrogens is 680 g/mol. The second-order valence-electron chi connectivity index (χ2n) is 12.9. The van der Waals surface area contributed by atoms with Crippen molar-refractivity contribution in [2.24, 2.45) is 39.9 Å². The van der Waals surface area contributed by atoms with Crippen molar-refractivity contribution in [3.8, 4) is 0 Å². The Morgan fingerprint density at radius 2 is 1.04 bits per heavy atom. The van der Waals surface area contributed by atoms with Gasteiger partial charge in [-0.05, 0) is 52.5 Å². The maximum atomic E-state index is 13.1. The van der Waals surface area contributed by atoms with Gasteiger partial charge in [0, 0.05) is 6.42 Å². The maximum absolute atomic E-state index is 13.1. The van der Waals surface area contributed by atoms with Gasteiger partial charge in [-0.25, -0.2) is 0 Å². The number of nitrogens with two attached hydrogens (primary N) is 3. The molecule has 48 heavy (non-hydrogen) atoms. The molecule has 0 bridgehead atoms. The van der Waals surface area contributed by atoms with Gasteiger partial charge in [0.15, 0.2) is 0 Å². The van der Waals surface area contributed by atoms with Crippen LogP contribution in [0.25, 0.3) is 0 Å². The third kappa shape index (κ3) is 13.0. The van der Waals surface area contributed by atoms with E-state index in [4.69, 9.17) is 45.2 Å². The quantitative estimate of drug-likeness (QED) is 0.0376. The van der Waals surface area contributed by atoms with Crippen molar-refractivity contribution in [2.75, 3.05) is 33.3 Å². The van der Waals surface area contributed by atoms with Crippen molar-refractivity contribution in [2.45, 2.75) is 98.2 Å². The first-order valence-corrected chi connectivity index (χ1v) is 18.6. The van der Waals surface area contributed by atoms with Crippen LogP contribution in [0, 0.1) is 22.7 Å².